The van der Waals surface area contributed by atoms with Gasteiger partial charge in [-0.3, -0.25) is 9.69 Å². The topological polar surface area (TPSA) is 67.9 Å². The van der Waals surface area contributed by atoms with Crippen LogP contribution in [0.4, 0.5) is 4.79 Å². The van der Waals surface area contributed by atoms with Gasteiger partial charge >= 0.3 is 12.1 Å². The Bertz CT molecular complexity index is 325. The molecule has 6 heteroatoms. The maximum Gasteiger partial charge on any atom is 0.407 e. The van der Waals surface area contributed by atoms with Gasteiger partial charge in [0.1, 0.15) is 5.60 Å². The van der Waals surface area contributed by atoms with E-state index < -0.39 is 11.7 Å². The highest BCUT2D eigenvalue weighted by Gasteiger charge is 2.27. The summed E-state index contributed by atoms with van der Waals surface area (Å²) >= 11 is 0. The predicted molar refractivity (Wildman–Crippen MR) is 70.8 cm³/mol. The lowest BCUT2D eigenvalue weighted by Gasteiger charge is -2.21. The zero-order chi connectivity index (χ0) is 14.5. The number of carbonyl (C=O) groups excluding carboxylic acids is 2. The molecular weight excluding hydrogens is 248 g/mol. The molecule has 0 spiro atoms. The molecule has 1 saturated heterocycles. The summed E-state index contributed by atoms with van der Waals surface area (Å²) in [4.78, 5) is 24.9. The van der Waals surface area contributed by atoms with Crippen molar-refractivity contribution in [3.05, 3.63) is 0 Å². The van der Waals surface area contributed by atoms with Crippen molar-refractivity contribution in [1.82, 2.24) is 10.2 Å². The van der Waals surface area contributed by atoms with Crippen LogP contribution in [0.3, 0.4) is 0 Å². The van der Waals surface area contributed by atoms with Gasteiger partial charge in [-0.1, -0.05) is 0 Å². The first-order chi connectivity index (χ1) is 8.80. The number of ether oxygens (including phenoxy) is 2. The number of alkyl carbamates (subject to hydrolysis) is 1. The molecule has 0 saturated carbocycles. The lowest BCUT2D eigenvalue weighted by Crippen LogP contribution is -2.41. The average Bonchev–Trinajstić information content (AvgIpc) is 2.62. The Hall–Kier alpha value is -1.30. The van der Waals surface area contributed by atoms with E-state index in [9.17, 15) is 9.59 Å². The number of hydrogen-bond donors (Lipinski definition) is 1. The molecule has 19 heavy (non-hydrogen) atoms. The van der Waals surface area contributed by atoms with Crippen LogP contribution in [0.25, 0.3) is 0 Å². The van der Waals surface area contributed by atoms with Crippen molar-refractivity contribution in [2.24, 2.45) is 0 Å². The van der Waals surface area contributed by atoms with E-state index in [1.54, 1.807) is 6.92 Å². The summed E-state index contributed by atoms with van der Waals surface area (Å²) in [5.41, 5.74) is -0.493. The molecule has 0 aromatic carbocycles. The average molecular weight is 272 g/mol. The first-order valence-electron chi connectivity index (χ1n) is 6.67. The first-order valence-corrected chi connectivity index (χ1v) is 6.67. The molecule has 1 heterocycles. The van der Waals surface area contributed by atoms with Gasteiger partial charge in [0.2, 0.25) is 0 Å². The molecule has 0 aliphatic carbocycles. The van der Waals surface area contributed by atoms with Crippen molar-refractivity contribution < 1.29 is 19.1 Å². The highest BCUT2D eigenvalue weighted by atomic mass is 16.6. The van der Waals surface area contributed by atoms with Crippen molar-refractivity contribution in [3.63, 3.8) is 0 Å². The van der Waals surface area contributed by atoms with Crippen LogP contribution in [0.5, 0.6) is 0 Å². The molecule has 110 valence electrons. The highest BCUT2D eigenvalue weighted by molar-refractivity contribution is 5.71. The smallest absolute Gasteiger partial charge is 0.407 e. The molecule has 1 atom stereocenters. The van der Waals surface area contributed by atoms with Crippen LogP contribution in [-0.4, -0.2) is 54.8 Å². The lowest BCUT2D eigenvalue weighted by molar-refractivity contribution is -0.144. The lowest BCUT2D eigenvalue weighted by atomic mass is 10.2. The maximum atomic E-state index is 11.6. The number of carbonyl (C=O) groups is 2. The van der Waals surface area contributed by atoms with Crippen LogP contribution in [-0.2, 0) is 14.3 Å². The van der Waals surface area contributed by atoms with Gasteiger partial charge in [0, 0.05) is 19.1 Å². The fourth-order valence-corrected chi connectivity index (χ4v) is 1.96. The van der Waals surface area contributed by atoms with Crippen LogP contribution in [0.15, 0.2) is 0 Å². The van der Waals surface area contributed by atoms with Gasteiger partial charge < -0.3 is 14.8 Å². The molecular formula is C13H24N2O4. The largest absolute Gasteiger partial charge is 0.465 e. The normalized spacial score (nSPS) is 20.1. The number of likely N-dealkylation sites (tertiary alicyclic amines) is 1. The number of esters is 1. The van der Waals surface area contributed by atoms with Gasteiger partial charge in [0.25, 0.3) is 0 Å². The van der Waals surface area contributed by atoms with Gasteiger partial charge in [-0.2, -0.15) is 0 Å². The highest BCUT2D eigenvalue weighted by Crippen LogP contribution is 2.11. The van der Waals surface area contributed by atoms with Gasteiger partial charge in [0.05, 0.1) is 13.2 Å². The number of nitrogens with one attached hydrogen (secondary N) is 1. The molecule has 1 amide bonds. The van der Waals surface area contributed by atoms with Gasteiger partial charge in [0.15, 0.2) is 0 Å². The molecule has 0 aromatic heterocycles. The molecule has 1 aliphatic heterocycles. The third-order valence-electron chi connectivity index (χ3n) is 2.65. The van der Waals surface area contributed by atoms with Crippen LogP contribution in [0.1, 0.15) is 34.1 Å². The van der Waals surface area contributed by atoms with Crippen LogP contribution < -0.4 is 5.32 Å². The second-order valence-electron chi connectivity index (χ2n) is 5.67. The third kappa shape index (κ3) is 6.42. The minimum Gasteiger partial charge on any atom is -0.465 e. The molecule has 1 fully saturated rings. The first kappa shape index (κ1) is 15.8. The minimum atomic E-state index is -0.493. The van der Waals surface area contributed by atoms with Crippen molar-refractivity contribution in [1.29, 1.82) is 0 Å². The summed E-state index contributed by atoms with van der Waals surface area (Å²) in [5, 5.41) is 2.82. The monoisotopic (exact) mass is 272 g/mol. The van der Waals surface area contributed by atoms with Gasteiger partial charge in [-0.05, 0) is 34.1 Å². The van der Waals surface area contributed by atoms with Crippen molar-refractivity contribution in [3.8, 4) is 0 Å². The summed E-state index contributed by atoms with van der Waals surface area (Å²) in [7, 11) is 0. The molecule has 1 rings (SSSR count). The zero-order valence-electron chi connectivity index (χ0n) is 12.2. The van der Waals surface area contributed by atoms with Crippen molar-refractivity contribution in [2.45, 2.75) is 45.8 Å². The molecule has 0 aromatic rings. The number of nitrogens with zero attached hydrogens (tertiary/aromatic N) is 1. The Balaban J connectivity index is 2.28. The summed E-state index contributed by atoms with van der Waals surface area (Å²) < 4.78 is 10.1. The SMILES string of the molecule is CCOC(=O)CN1CC[C@H](NC(=O)OC(C)(C)C)C1. The summed E-state index contributed by atoms with van der Waals surface area (Å²) in [5.74, 6) is -0.222. The number of hydrogen-bond acceptors (Lipinski definition) is 5. The minimum absolute atomic E-state index is 0.0317. The van der Waals surface area contributed by atoms with Gasteiger partial charge in [-0.15, -0.1) is 0 Å². The summed E-state index contributed by atoms with van der Waals surface area (Å²) in [6, 6.07) is 0.0317. The Morgan fingerprint density at radius 2 is 2.05 bits per heavy atom. The van der Waals surface area contributed by atoms with E-state index in [2.05, 4.69) is 5.32 Å². The fraction of sp³-hybridized carbons (Fsp3) is 0.846. The Morgan fingerprint density at radius 1 is 1.37 bits per heavy atom. The molecule has 6 nitrogen and oxygen atoms in total. The van der Waals surface area contributed by atoms with E-state index in [1.165, 1.54) is 0 Å². The van der Waals surface area contributed by atoms with Crippen molar-refractivity contribution >= 4 is 12.1 Å². The quantitative estimate of drug-likeness (QED) is 0.778. The summed E-state index contributed by atoms with van der Waals surface area (Å²) in [6.07, 6.45) is 0.411. The molecule has 0 bridgehead atoms. The zero-order valence-corrected chi connectivity index (χ0v) is 12.2. The van der Waals surface area contributed by atoms with Crippen molar-refractivity contribution in [2.75, 3.05) is 26.2 Å². The molecule has 0 radical (unpaired) electrons. The predicted octanol–water partition coefficient (Wildman–Crippen LogP) is 1.15. The maximum absolute atomic E-state index is 11.6. The third-order valence-corrected chi connectivity index (χ3v) is 2.65. The second-order valence-corrected chi connectivity index (χ2v) is 5.67. The van der Waals surface area contributed by atoms with E-state index in [0.29, 0.717) is 13.2 Å². The standard InChI is InChI=1S/C13H24N2O4/c1-5-18-11(16)9-15-7-6-10(8-15)14-12(17)19-13(2,3)4/h10H,5-9H2,1-4H3,(H,14,17)/t10-/m0/s1. The van der Waals surface area contributed by atoms with Crippen LogP contribution in [0.2, 0.25) is 0 Å². The van der Waals surface area contributed by atoms with E-state index in [0.717, 1.165) is 13.0 Å². The number of rotatable bonds is 4. The second kappa shape index (κ2) is 6.75. The Morgan fingerprint density at radius 3 is 2.63 bits per heavy atom. The van der Waals surface area contributed by atoms with Crippen LogP contribution in [0, 0.1) is 0 Å². The molecule has 1 aliphatic rings. The molecule has 1 N–H and O–H groups in total. The fourth-order valence-electron chi connectivity index (χ4n) is 1.96. The van der Waals surface area contributed by atoms with E-state index in [-0.39, 0.29) is 18.6 Å². The Kier molecular flexibility index (Phi) is 5.60. The van der Waals surface area contributed by atoms with E-state index >= 15 is 0 Å². The molecule has 0 unspecified atom stereocenters. The van der Waals surface area contributed by atoms with Crippen LogP contribution >= 0.6 is 0 Å². The van der Waals surface area contributed by atoms with E-state index in [1.807, 2.05) is 25.7 Å². The Labute approximate surface area is 114 Å². The van der Waals surface area contributed by atoms with Gasteiger partial charge in [-0.25, -0.2) is 4.79 Å². The number of amides is 1. The summed E-state index contributed by atoms with van der Waals surface area (Å²) in [6.45, 7) is 9.37. The van der Waals surface area contributed by atoms with E-state index in [4.69, 9.17) is 9.47 Å².